The topological polar surface area (TPSA) is 124 Å². The van der Waals surface area contributed by atoms with Crippen molar-refractivity contribution in [2.75, 3.05) is 14.2 Å². The number of thiocarbonyl (C=S) groups is 1. The van der Waals surface area contributed by atoms with Gasteiger partial charge >= 0.3 is 0 Å². The van der Waals surface area contributed by atoms with Crippen LogP contribution in [-0.4, -0.2) is 31.1 Å². The van der Waals surface area contributed by atoms with Crippen LogP contribution >= 0.6 is 12.2 Å². The molecule has 2 aromatic carbocycles. The zero-order chi connectivity index (χ0) is 23.5. The summed E-state index contributed by atoms with van der Waals surface area (Å²) in [6.45, 7) is 0. The molecule has 0 atom stereocenters. The van der Waals surface area contributed by atoms with Gasteiger partial charge in [-0.1, -0.05) is 24.3 Å². The summed E-state index contributed by atoms with van der Waals surface area (Å²) in [5.41, 5.74) is 0.755. The van der Waals surface area contributed by atoms with Crippen molar-refractivity contribution in [1.82, 2.24) is 10.6 Å². The van der Waals surface area contributed by atoms with Crippen LogP contribution in [0.25, 0.3) is 12.2 Å². The van der Waals surface area contributed by atoms with Crippen molar-refractivity contribution in [3.05, 3.63) is 70.8 Å². The average molecular weight is 446 g/mol. The summed E-state index contributed by atoms with van der Waals surface area (Å²) in [6.07, 6.45) is 2.73. The maximum Gasteiger partial charge on any atom is 0.268 e. The molecule has 0 unspecified atom stereocenters. The summed E-state index contributed by atoms with van der Waals surface area (Å²) in [5.74, 6) is -0.340. The predicted molar refractivity (Wildman–Crippen MR) is 122 cm³/mol. The van der Waals surface area contributed by atoms with Crippen LogP contribution in [0.5, 0.6) is 11.5 Å². The van der Waals surface area contributed by atoms with Crippen molar-refractivity contribution in [1.29, 1.82) is 10.5 Å². The molecule has 0 aliphatic heterocycles. The summed E-state index contributed by atoms with van der Waals surface area (Å²) in [7, 11) is 3.05. The molecule has 0 saturated heterocycles. The molecule has 0 radical (unpaired) electrons. The number of carbonyl (C=O) groups excluding carboxylic acids is 2. The van der Waals surface area contributed by atoms with Crippen molar-refractivity contribution in [3.63, 3.8) is 0 Å². The highest BCUT2D eigenvalue weighted by Gasteiger charge is 2.15. The summed E-state index contributed by atoms with van der Waals surface area (Å²) in [6, 6.07) is 17.0. The number of hydrogen-bond donors (Lipinski definition) is 2. The van der Waals surface area contributed by atoms with Crippen LogP contribution in [0.1, 0.15) is 11.1 Å². The molecule has 160 valence electrons. The number of nitrogens with zero attached hydrogens (tertiary/aromatic N) is 2. The molecule has 2 amide bonds. The van der Waals surface area contributed by atoms with E-state index >= 15 is 0 Å². The number of nitrogens with one attached hydrogen (secondary N) is 2. The zero-order valence-corrected chi connectivity index (χ0v) is 18.0. The Labute approximate surface area is 190 Å². The number of carbonyl (C=O) groups is 2. The fourth-order valence-electron chi connectivity index (χ4n) is 2.40. The van der Waals surface area contributed by atoms with E-state index in [1.54, 1.807) is 60.7 Å². The minimum Gasteiger partial charge on any atom is -0.497 e. The zero-order valence-electron chi connectivity index (χ0n) is 17.2. The first kappa shape index (κ1) is 23.8. The van der Waals surface area contributed by atoms with Crippen molar-refractivity contribution in [3.8, 4) is 23.6 Å². The molecule has 0 bridgehead atoms. The number of amides is 2. The van der Waals surface area contributed by atoms with E-state index in [2.05, 4.69) is 10.6 Å². The lowest BCUT2D eigenvalue weighted by Crippen LogP contribution is -2.43. The Bertz CT molecular complexity index is 1060. The SMILES string of the molecule is COc1ccc(/C=C(/C#N)C(=O)NC(=S)NC(=O)/C(C#N)=C/c2ccc(OC)cc2)cc1. The lowest BCUT2D eigenvalue weighted by atomic mass is 10.1. The van der Waals surface area contributed by atoms with Crippen LogP contribution in [0, 0.1) is 22.7 Å². The summed E-state index contributed by atoms with van der Waals surface area (Å²) in [4.78, 5) is 24.7. The first-order valence-corrected chi connectivity index (χ1v) is 9.49. The van der Waals surface area contributed by atoms with E-state index in [0.717, 1.165) is 0 Å². The second kappa shape index (κ2) is 11.6. The molecule has 2 rings (SSSR count). The van der Waals surface area contributed by atoms with Crippen LogP contribution in [0.4, 0.5) is 0 Å². The van der Waals surface area contributed by atoms with E-state index < -0.39 is 11.8 Å². The molecular weight excluding hydrogens is 428 g/mol. The molecule has 0 heterocycles. The van der Waals surface area contributed by atoms with Gasteiger partial charge in [0, 0.05) is 0 Å². The van der Waals surface area contributed by atoms with Crippen molar-refractivity contribution < 1.29 is 19.1 Å². The minimum absolute atomic E-state index is 0.221. The molecule has 0 spiro atoms. The normalized spacial score (nSPS) is 10.9. The van der Waals surface area contributed by atoms with Crippen LogP contribution < -0.4 is 20.1 Å². The van der Waals surface area contributed by atoms with Crippen molar-refractivity contribution in [2.24, 2.45) is 0 Å². The number of nitriles is 2. The molecule has 9 heteroatoms. The van der Waals surface area contributed by atoms with Crippen LogP contribution in [0.2, 0.25) is 0 Å². The largest absolute Gasteiger partial charge is 0.497 e. The van der Waals surface area contributed by atoms with Gasteiger partial charge < -0.3 is 9.47 Å². The standard InChI is InChI=1S/C23H18N4O4S/c1-30-19-7-3-15(4-8-19)11-17(13-24)21(28)26-23(32)27-22(29)18(14-25)12-16-5-9-20(31-2)10-6-16/h3-12H,1-2H3,(H2,26,27,28,29,32)/b17-11-,18-12+. The van der Waals surface area contributed by atoms with E-state index in [0.29, 0.717) is 22.6 Å². The highest BCUT2D eigenvalue weighted by atomic mass is 32.1. The van der Waals surface area contributed by atoms with Gasteiger partial charge in [-0.3, -0.25) is 20.2 Å². The molecule has 0 aliphatic rings. The molecule has 0 aliphatic carbocycles. The molecule has 2 aromatic rings. The lowest BCUT2D eigenvalue weighted by molar-refractivity contribution is -0.116. The van der Waals surface area contributed by atoms with Gasteiger partial charge in [-0.2, -0.15) is 10.5 Å². The number of hydrogen-bond acceptors (Lipinski definition) is 7. The molecule has 8 nitrogen and oxygen atoms in total. The monoisotopic (exact) mass is 446 g/mol. The highest BCUT2D eigenvalue weighted by Crippen LogP contribution is 2.15. The summed E-state index contributed by atoms with van der Waals surface area (Å²) < 4.78 is 10.1. The number of benzene rings is 2. The van der Waals surface area contributed by atoms with Gasteiger partial charge in [0.05, 0.1) is 14.2 Å². The lowest BCUT2D eigenvalue weighted by Gasteiger charge is -2.08. The highest BCUT2D eigenvalue weighted by molar-refractivity contribution is 7.80. The number of rotatable bonds is 6. The smallest absolute Gasteiger partial charge is 0.268 e. The second-order valence-corrected chi connectivity index (χ2v) is 6.53. The Morgan fingerprint density at radius 1 is 0.781 bits per heavy atom. The van der Waals surface area contributed by atoms with Gasteiger partial charge in [0.25, 0.3) is 11.8 Å². The van der Waals surface area contributed by atoms with Crippen molar-refractivity contribution in [2.45, 2.75) is 0 Å². The average Bonchev–Trinajstić information content (AvgIpc) is 2.81. The maximum atomic E-state index is 12.3. The van der Waals surface area contributed by atoms with Gasteiger partial charge in [-0.15, -0.1) is 0 Å². The Balaban J connectivity index is 2.05. The molecule has 32 heavy (non-hydrogen) atoms. The first-order chi connectivity index (χ1) is 15.4. The van der Waals surface area contributed by atoms with E-state index in [1.807, 2.05) is 0 Å². The predicted octanol–water partition coefficient (Wildman–Crippen LogP) is 2.74. The first-order valence-electron chi connectivity index (χ1n) is 9.08. The van der Waals surface area contributed by atoms with Gasteiger partial charge in [0.2, 0.25) is 0 Å². The second-order valence-electron chi connectivity index (χ2n) is 6.12. The van der Waals surface area contributed by atoms with Crippen LogP contribution in [-0.2, 0) is 9.59 Å². The molecule has 2 N–H and O–H groups in total. The fourth-order valence-corrected chi connectivity index (χ4v) is 2.59. The van der Waals surface area contributed by atoms with E-state index in [4.69, 9.17) is 21.7 Å². The maximum absolute atomic E-state index is 12.3. The van der Waals surface area contributed by atoms with Gasteiger partial charge in [0.15, 0.2) is 5.11 Å². The van der Waals surface area contributed by atoms with Crippen LogP contribution in [0.15, 0.2) is 59.7 Å². The third kappa shape index (κ3) is 6.80. The Morgan fingerprint density at radius 2 is 1.12 bits per heavy atom. The molecule has 0 aromatic heterocycles. The summed E-state index contributed by atoms with van der Waals surface area (Å²) in [5, 5.41) is 22.7. The third-order valence-electron chi connectivity index (χ3n) is 4.04. The van der Waals surface area contributed by atoms with Gasteiger partial charge in [-0.05, 0) is 59.8 Å². The molecule has 0 saturated carbocycles. The van der Waals surface area contributed by atoms with E-state index in [9.17, 15) is 20.1 Å². The van der Waals surface area contributed by atoms with Gasteiger partial charge in [-0.25, -0.2) is 0 Å². The fraction of sp³-hybridized carbons (Fsp3) is 0.0870. The Morgan fingerprint density at radius 3 is 1.41 bits per heavy atom. The van der Waals surface area contributed by atoms with E-state index in [1.165, 1.54) is 26.4 Å². The Hall–Kier alpha value is -4.47. The minimum atomic E-state index is -0.800. The molecule has 0 fully saturated rings. The van der Waals surface area contributed by atoms with Crippen molar-refractivity contribution >= 4 is 41.3 Å². The molecular formula is C23H18N4O4S. The number of ether oxygens (including phenoxy) is 2. The quantitative estimate of drug-likeness (QED) is 0.397. The third-order valence-corrected chi connectivity index (χ3v) is 4.24. The van der Waals surface area contributed by atoms with Gasteiger partial charge in [0.1, 0.15) is 34.8 Å². The Kier molecular flexibility index (Phi) is 8.66. The van der Waals surface area contributed by atoms with E-state index in [-0.39, 0.29) is 16.3 Å². The number of methoxy groups -OCH3 is 2. The van der Waals surface area contributed by atoms with Crippen LogP contribution in [0.3, 0.4) is 0 Å². The summed E-state index contributed by atoms with van der Waals surface area (Å²) >= 11 is 4.97.